The number of aliphatic imine (C=N–C) groups is 1. The third kappa shape index (κ3) is 7.14. The SMILES string of the molecule is CCOc1cccc(CNC(=NC)NCCc2cccc(OC)c2)c1OC(F)F. The predicted molar refractivity (Wildman–Crippen MR) is 109 cm³/mol. The zero-order chi connectivity index (χ0) is 21.1. The zero-order valence-electron chi connectivity index (χ0n) is 16.9. The average Bonchev–Trinajstić information content (AvgIpc) is 2.72. The molecule has 29 heavy (non-hydrogen) atoms. The van der Waals surface area contributed by atoms with Gasteiger partial charge in [-0.3, -0.25) is 4.99 Å². The zero-order valence-corrected chi connectivity index (χ0v) is 16.9. The maximum absolute atomic E-state index is 12.8. The highest BCUT2D eigenvalue weighted by Crippen LogP contribution is 2.32. The molecule has 0 aliphatic carbocycles. The Morgan fingerprint density at radius 2 is 1.93 bits per heavy atom. The van der Waals surface area contributed by atoms with Crippen molar-refractivity contribution in [3.05, 3.63) is 53.6 Å². The average molecular weight is 407 g/mol. The van der Waals surface area contributed by atoms with E-state index in [9.17, 15) is 8.78 Å². The van der Waals surface area contributed by atoms with Crippen molar-refractivity contribution in [2.24, 2.45) is 4.99 Å². The molecule has 0 spiro atoms. The molecule has 0 saturated heterocycles. The number of halogens is 2. The molecule has 2 aromatic rings. The Labute approximate surface area is 169 Å². The van der Waals surface area contributed by atoms with E-state index < -0.39 is 6.61 Å². The Hall–Kier alpha value is -3.03. The quantitative estimate of drug-likeness (QED) is 0.465. The van der Waals surface area contributed by atoms with E-state index in [2.05, 4.69) is 20.4 Å². The van der Waals surface area contributed by atoms with E-state index in [4.69, 9.17) is 9.47 Å². The first-order valence-electron chi connectivity index (χ1n) is 9.34. The number of ether oxygens (including phenoxy) is 3. The molecule has 8 heteroatoms. The van der Waals surface area contributed by atoms with Crippen molar-refractivity contribution in [3.8, 4) is 17.2 Å². The van der Waals surface area contributed by atoms with E-state index in [0.717, 1.165) is 17.7 Å². The fraction of sp³-hybridized carbons (Fsp3) is 0.381. The highest BCUT2D eigenvalue weighted by atomic mass is 19.3. The van der Waals surface area contributed by atoms with Crippen LogP contribution in [-0.4, -0.2) is 39.9 Å². The number of hydrogen-bond donors (Lipinski definition) is 2. The van der Waals surface area contributed by atoms with Gasteiger partial charge < -0.3 is 24.8 Å². The second-order valence-corrected chi connectivity index (χ2v) is 6.01. The van der Waals surface area contributed by atoms with Crippen LogP contribution in [0.15, 0.2) is 47.5 Å². The molecule has 0 aliphatic rings. The molecule has 0 atom stereocenters. The lowest BCUT2D eigenvalue weighted by molar-refractivity contribution is -0.0520. The largest absolute Gasteiger partial charge is 0.497 e. The molecule has 6 nitrogen and oxygen atoms in total. The standard InChI is InChI=1S/C21H27F2N3O3/c1-4-28-18-10-6-8-16(19(18)29-20(22)23)14-26-21(24-2)25-12-11-15-7-5-9-17(13-15)27-3/h5-10,13,20H,4,11-12,14H2,1-3H3,(H2,24,25,26). The fourth-order valence-electron chi connectivity index (χ4n) is 2.75. The number of alkyl halides is 2. The van der Waals surface area contributed by atoms with Crippen molar-refractivity contribution in [2.75, 3.05) is 27.3 Å². The van der Waals surface area contributed by atoms with Crippen LogP contribution in [0.5, 0.6) is 17.2 Å². The second-order valence-electron chi connectivity index (χ2n) is 6.01. The molecular weight excluding hydrogens is 380 g/mol. The van der Waals surface area contributed by atoms with Crippen LogP contribution < -0.4 is 24.8 Å². The van der Waals surface area contributed by atoms with Gasteiger partial charge in [-0.05, 0) is 37.1 Å². The lowest BCUT2D eigenvalue weighted by Crippen LogP contribution is -2.38. The summed E-state index contributed by atoms with van der Waals surface area (Å²) < 4.78 is 41.0. The summed E-state index contributed by atoms with van der Waals surface area (Å²) in [5.74, 6) is 1.68. The Morgan fingerprint density at radius 1 is 1.14 bits per heavy atom. The Morgan fingerprint density at radius 3 is 2.62 bits per heavy atom. The van der Waals surface area contributed by atoms with Crippen LogP contribution >= 0.6 is 0 Å². The monoisotopic (exact) mass is 407 g/mol. The minimum absolute atomic E-state index is 0.0312. The summed E-state index contributed by atoms with van der Waals surface area (Å²) in [4.78, 5) is 4.17. The highest BCUT2D eigenvalue weighted by molar-refractivity contribution is 5.79. The summed E-state index contributed by atoms with van der Waals surface area (Å²) in [6.07, 6.45) is 0.775. The topological polar surface area (TPSA) is 64.1 Å². The van der Waals surface area contributed by atoms with Gasteiger partial charge in [0.25, 0.3) is 0 Å². The van der Waals surface area contributed by atoms with Crippen LogP contribution in [0.4, 0.5) is 8.78 Å². The van der Waals surface area contributed by atoms with Gasteiger partial charge in [0.1, 0.15) is 5.75 Å². The van der Waals surface area contributed by atoms with Crippen molar-refractivity contribution in [1.82, 2.24) is 10.6 Å². The first-order chi connectivity index (χ1) is 14.1. The maximum atomic E-state index is 12.8. The summed E-state index contributed by atoms with van der Waals surface area (Å²) in [6.45, 7) is 0.0963. The molecule has 0 fully saturated rings. The van der Waals surface area contributed by atoms with Gasteiger partial charge in [0.05, 0.1) is 13.7 Å². The summed E-state index contributed by atoms with van der Waals surface area (Å²) >= 11 is 0. The number of nitrogens with one attached hydrogen (secondary N) is 2. The molecule has 0 amide bonds. The second kappa shape index (κ2) is 11.7. The lowest BCUT2D eigenvalue weighted by atomic mass is 10.1. The smallest absolute Gasteiger partial charge is 0.387 e. The highest BCUT2D eigenvalue weighted by Gasteiger charge is 2.16. The van der Waals surface area contributed by atoms with Crippen LogP contribution in [0.3, 0.4) is 0 Å². The fourth-order valence-corrected chi connectivity index (χ4v) is 2.75. The van der Waals surface area contributed by atoms with Gasteiger partial charge in [-0.2, -0.15) is 8.78 Å². The number of guanidine groups is 1. The van der Waals surface area contributed by atoms with E-state index in [1.165, 1.54) is 0 Å². The van der Waals surface area contributed by atoms with E-state index in [1.807, 2.05) is 24.3 Å². The van der Waals surface area contributed by atoms with Gasteiger partial charge in [0, 0.05) is 25.7 Å². The molecule has 0 heterocycles. The molecule has 2 N–H and O–H groups in total. The third-order valence-corrected chi connectivity index (χ3v) is 4.08. The Balaban J connectivity index is 1.95. The molecule has 0 saturated carbocycles. The summed E-state index contributed by atoms with van der Waals surface area (Å²) in [7, 11) is 3.28. The molecule has 158 valence electrons. The number of methoxy groups -OCH3 is 1. The minimum atomic E-state index is -2.93. The number of hydrogen-bond acceptors (Lipinski definition) is 4. The van der Waals surface area contributed by atoms with Crippen molar-refractivity contribution in [3.63, 3.8) is 0 Å². The summed E-state index contributed by atoms with van der Waals surface area (Å²) in [6, 6.07) is 12.9. The van der Waals surface area contributed by atoms with Crippen molar-refractivity contribution >= 4 is 5.96 Å². The molecule has 0 aromatic heterocycles. The van der Waals surface area contributed by atoms with E-state index in [0.29, 0.717) is 24.7 Å². The van der Waals surface area contributed by atoms with E-state index in [1.54, 1.807) is 39.3 Å². The summed E-state index contributed by atoms with van der Waals surface area (Å²) in [5, 5.41) is 6.31. The van der Waals surface area contributed by atoms with Crippen LogP contribution in [-0.2, 0) is 13.0 Å². The molecule has 0 bridgehead atoms. The Bertz CT molecular complexity index is 800. The Kier molecular flexibility index (Phi) is 9.01. The van der Waals surface area contributed by atoms with Crippen LogP contribution in [0.1, 0.15) is 18.1 Å². The van der Waals surface area contributed by atoms with Gasteiger partial charge in [-0.15, -0.1) is 0 Å². The number of nitrogens with zero attached hydrogens (tertiary/aromatic N) is 1. The molecule has 2 aromatic carbocycles. The molecule has 2 rings (SSSR count). The van der Waals surface area contributed by atoms with Crippen molar-refractivity contribution in [2.45, 2.75) is 26.5 Å². The third-order valence-electron chi connectivity index (χ3n) is 4.08. The first-order valence-corrected chi connectivity index (χ1v) is 9.34. The minimum Gasteiger partial charge on any atom is -0.497 e. The van der Waals surface area contributed by atoms with Crippen molar-refractivity contribution < 1.29 is 23.0 Å². The molecule has 0 aliphatic heterocycles. The normalized spacial score (nSPS) is 11.3. The molecule has 0 radical (unpaired) electrons. The van der Waals surface area contributed by atoms with Crippen molar-refractivity contribution in [1.29, 1.82) is 0 Å². The molecular formula is C21H27F2N3O3. The first kappa shape index (κ1) is 22.3. The number of benzene rings is 2. The lowest BCUT2D eigenvalue weighted by Gasteiger charge is -2.17. The van der Waals surface area contributed by atoms with Gasteiger partial charge in [-0.1, -0.05) is 24.3 Å². The van der Waals surface area contributed by atoms with Gasteiger partial charge in [-0.25, -0.2) is 0 Å². The maximum Gasteiger partial charge on any atom is 0.387 e. The predicted octanol–water partition coefficient (Wildman–Crippen LogP) is 3.60. The summed E-state index contributed by atoms with van der Waals surface area (Å²) in [5.41, 5.74) is 1.68. The number of para-hydroxylation sites is 1. The van der Waals surface area contributed by atoms with E-state index in [-0.39, 0.29) is 18.0 Å². The van der Waals surface area contributed by atoms with Crippen LogP contribution in [0.25, 0.3) is 0 Å². The molecule has 0 unspecified atom stereocenters. The van der Waals surface area contributed by atoms with Crippen LogP contribution in [0.2, 0.25) is 0 Å². The number of rotatable bonds is 10. The van der Waals surface area contributed by atoms with Gasteiger partial charge in [0.2, 0.25) is 0 Å². The van der Waals surface area contributed by atoms with Gasteiger partial charge >= 0.3 is 6.61 Å². The van der Waals surface area contributed by atoms with E-state index >= 15 is 0 Å². The van der Waals surface area contributed by atoms with Crippen LogP contribution in [0, 0.1) is 0 Å². The van der Waals surface area contributed by atoms with Gasteiger partial charge in [0.15, 0.2) is 17.5 Å².